The number of hydrogen-bond donors (Lipinski definition) is 3. The molecule has 0 saturated heterocycles. The van der Waals surface area contributed by atoms with Crippen molar-refractivity contribution in [2.24, 2.45) is 5.41 Å². The maximum absolute atomic E-state index is 12.9. The van der Waals surface area contributed by atoms with Crippen LogP contribution >= 0.6 is 0 Å². The van der Waals surface area contributed by atoms with Crippen molar-refractivity contribution in [1.29, 1.82) is 0 Å². The lowest BCUT2D eigenvalue weighted by molar-refractivity contribution is -0.175. The number of carboxylic acids is 1. The van der Waals surface area contributed by atoms with Gasteiger partial charge in [0.2, 0.25) is 0 Å². The zero-order chi connectivity index (χ0) is 32.7. The second kappa shape index (κ2) is 17.8. The molecule has 1 aliphatic rings. The molecule has 3 atom stereocenters. The monoisotopic (exact) mass is 590 g/mol. The van der Waals surface area contributed by atoms with Crippen LogP contribution in [0.15, 0.2) is 119 Å². The number of ether oxygens (including phenoxy) is 1. The Labute approximate surface area is 256 Å². The van der Waals surface area contributed by atoms with Crippen LogP contribution in [0.5, 0.6) is 0 Å². The van der Waals surface area contributed by atoms with Crippen molar-refractivity contribution in [3.05, 3.63) is 119 Å². The van der Waals surface area contributed by atoms with E-state index >= 15 is 0 Å². The molecular weight excluding hydrogens is 544 g/mol. The number of carbonyl (C=O) groups excluding carboxylic acids is 2. The van der Waals surface area contributed by atoms with Gasteiger partial charge in [0.05, 0.1) is 0 Å². The maximum Gasteiger partial charge on any atom is 0.339 e. The number of carbonyl (C=O) groups is 3. The Morgan fingerprint density at radius 3 is 1.77 bits per heavy atom. The summed E-state index contributed by atoms with van der Waals surface area (Å²) in [6, 6.07) is 0. The number of aliphatic carboxylic acids is 1. The molecule has 0 radical (unpaired) electrons. The molecule has 0 amide bonds. The highest BCUT2D eigenvalue weighted by Gasteiger charge is 2.42. The SMILES string of the molecule is C/C=C/C(C)=C/C=C/C(C)=C/C=C/C=C(C)/C=C/C=C(C)/C=C/C1=C(C)C(=O)C(OC(=O)C(O)C(O)C(=O)O)CC1(C)C. The Balaban J connectivity index is 2.87. The summed E-state index contributed by atoms with van der Waals surface area (Å²) in [6.07, 6.45) is 22.3. The molecule has 0 spiro atoms. The number of aliphatic hydroxyl groups excluding tert-OH is 2. The predicted octanol–water partition coefficient (Wildman–Crippen LogP) is 6.61. The molecule has 43 heavy (non-hydrogen) atoms. The van der Waals surface area contributed by atoms with Crippen molar-refractivity contribution in [2.75, 3.05) is 0 Å². The van der Waals surface area contributed by atoms with Crippen LogP contribution in [-0.4, -0.2) is 51.4 Å². The Morgan fingerprint density at radius 2 is 1.28 bits per heavy atom. The van der Waals surface area contributed by atoms with Crippen molar-refractivity contribution < 1.29 is 34.4 Å². The Bertz CT molecular complexity index is 1340. The molecule has 0 aromatic rings. The molecule has 0 bridgehead atoms. The molecule has 1 aliphatic carbocycles. The molecular formula is C36H46O7. The fraction of sp³-hybridized carbons (Fsp3) is 0.361. The minimum absolute atomic E-state index is 0.142. The fourth-order valence-corrected chi connectivity index (χ4v) is 4.29. The molecule has 3 N–H and O–H groups in total. The van der Waals surface area contributed by atoms with Crippen LogP contribution in [0.4, 0.5) is 0 Å². The third-order valence-electron chi connectivity index (χ3n) is 6.75. The van der Waals surface area contributed by atoms with E-state index in [2.05, 4.69) is 32.1 Å². The van der Waals surface area contributed by atoms with E-state index in [-0.39, 0.29) is 6.42 Å². The Hall–Kier alpha value is -4.07. The van der Waals surface area contributed by atoms with E-state index in [4.69, 9.17) is 9.84 Å². The smallest absolute Gasteiger partial charge is 0.339 e. The van der Waals surface area contributed by atoms with Gasteiger partial charge in [0.15, 0.2) is 24.1 Å². The third-order valence-corrected chi connectivity index (χ3v) is 6.75. The minimum atomic E-state index is -2.34. The second-order valence-electron chi connectivity index (χ2n) is 11.2. The number of carboxylic acid groups (broad SMARTS) is 1. The summed E-state index contributed by atoms with van der Waals surface area (Å²) in [5.41, 5.74) is 5.03. The van der Waals surface area contributed by atoms with Gasteiger partial charge < -0.3 is 20.1 Å². The van der Waals surface area contributed by atoms with E-state index in [1.165, 1.54) is 5.57 Å². The van der Waals surface area contributed by atoms with Crippen molar-refractivity contribution in [3.8, 4) is 0 Å². The molecule has 7 heteroatoms. The van der Waals surface area contributed by atoms with Crippen LogP contribution < -0.4 is 0 Å². The van der Waals surface area contributed by atoms with Gasteiger partial charge in [-0.2, -0.15) is 0 Å². The van der Waals surface area contributed by atoms with Crippen molar-refractivity contribution >= 4 is 17.7 Å². The largest absolute Gasteiger partial charge is 0.479 e. The van der Waals surface area contributed by atoms with Gasteiger partial charge in [0.25, 0.3) is 0 Å². The zero-order valence-corrected chi connectivity index (χ0v) is 26.5. The molecule has 0 aromatic carbocycles. The quantitative estimate of drug-likeness (QED) is 0.163. The summed E-state index contributed by atoms with van der Waals surface area (Å²) in [4.78, 5) is 35.9. The van der Waals surface area contributed by atoms with Gasteiger partial charge in [0, 0.05) is 6.42 Å². The molecule has 3 unspecified atom stereocenters. The Kier molecular flexibility index (Phi) is 15.3. The van der Waals surface area contributed by atoms with E-state index in [1.807, 2.05) is 101 Å². The standard InChI is InChI=1S/C36H46O7/c1-9-14-24(2)17-12-18-25(3)15-10-11-16-26(4)19-13-20-27(5)21-22-29-28(6)31(37)30(23-36(29,7)8)43-35(42)33(39)32(38)34(40)41/h9-22,30,32-33,38-39H,23H2,1-8H3,(H,40,41)/b11-10+,14-9+,18-12+,19-13+,22-21+,24-17+,25-15+,26-16+,27-20+. The number of esters is 1. The van der Waals surface area contributed by atoms with Gasteiger partial charge in [-0.05, 0) is 58.1 Å². The fourth-order valence-electron chi connectivity index (χ4n) is 4.29. The van der Waals surface area contributed by atoms with E-state index in [9.17, 15) is 24.6 Å². The van der Waals surface area contributed by atoms with Gasteiger partial charge in [-0.3, -0.25) is 4.79 Å². The molecule has 0 heterocycles. The summed E-state index contributed by atoms with van der Waals surface area (Å²) < 4.78 is 5.11. The van der Waals surface area contributed by atoms with Crippen molar-refractivity contribution in [1.82, 2.24) is 0 Å². The first-order valence-corrected chi connectivity index (χ1v) is 14.2. The molecule has 1 rings (SSSR count). The van der Waals surface area contributed by atoms with Crippen LogP contribution in [0, 0.1) is 5.41 Å². The average molecular weight is 591 g/mol. The van der Waals surface area contributed by atoms with Crippen LogP contribution in [0.1, 0.15) is 61.8 Å². The highest BCUT2D eigenvalue weighted by Crippen LogP contribution is 2.40. The lowest BCUT2D eigenvalue weighted by Crippen LogP contribution is -2.45. The van der Waals surface area contributed by atoms with Crippen LogP contribution in [-0.2, 0) is 19.1 Å². The van der Waals surface area contributed by atoms with E-state index in [1.54, 1.807) is 6.92 Å². The second-order valence-corrected chi connectivity index (χ2v) is 11.2. The lowest BCUT2D eigenvalue weighted by Gasteiger charge is -2.36. The third kappa shape index (κ3) is 12.8. The van der Waals surface area contributed by atoms with Gasteiger partial charge in [-0.1, -0.05) is 121 Å². The van der Waals surface area contributed by atoms with Gasteiger partial charge >= 0.3 is 11.9 Å². The number of allylic oxidation sites excluding steroid dienone is 19. The van der Waals surface area contributed by atoms with Gasteiger partial charge in [0.1, 0.15) is 0 Å². The number of ketones is 1. The molecule has 0 saturated carbocycles. The van der Waals surface area contributed by atoms with E-state index in [0.717, 1.165) is 22.3 Å². The van der Waals surface area contributed by atoms with Gasteiger partial charge in [-0.25, -0.2) is 9.59 Å². The van der Waals surface area contributed by atoms with Crippen LogP contribution in [0.2, 0.25) is 0 Å². The summed E-state index contributed by atoms with van der Waals surface area (Å²) in [5, 5.41) is 27.9. The number of rotatable bonds is 13. The molecule has 0 aliphatic heterocycles. The first kappa shape index (κ1) is 37.0. The minimum Gasteiger partial charge on any atom is -0.479 e. The highest BCUT2D eigenvalue weighted by atomic mass is 16.6. The zero-order valence-electron chi connectivity index (χ0n) is 26.5. The summed E-state index contributed by atoms with van der Waals surface area (Å²) >= 11 is 0. The Morgan fingerprint density at radius 1 is 0.814 bits per heavy atom. The number of aliphatic hydroxyl groups is 2. The predicted molar refractivity (Wildman–Crippen MR) is 172 cm³/mol. The normalized spacial score (nSPS) is 20.8. The maximum atomic E-state index is 12.9. The lowest BCUT2D eigenvalue weighted by atomic mass is 9.71. The van der Waals surface area contributed by atoms with Crippen molar-refractivity contribution in [3.63, 3.8) is 0 Å². The summed E-state index contributed by atoms with van der Waals surface area (Å²) in [5.74, 6) is -3.56. The van der Waals surface area contributed by atoms with Gasteiger partial charge in [-0.15, -0.1) is 0 Å². The summed E-state index contributed by atoms with van der Waals surface area (Å²) in [6.45, 7) is 15.5. The average Bonchev–Trinajstić information content (AvgIpc) is 2.92. The first-order chi connectivity index (χ1) is 20.1. The van der Waals surface area contributed by atoms with Crippen LogP contribution in [0.25, 0.3) is 0 Å². The molecule has 232 valence electrons. The summed E-state index contributed by atoms with van der Waals surface area (Å²) in [7, 11) is 0. The highest BCUT2D eigenvalue weighted by molar-refractivity contribution is 6.02. The van der Waals surface area contributed by atoms with Crippen molar-refractivity contribution in [2.45, 2.75) is 80.1 Å². The molecule has 7 nitrogen and oxygen atoms in total. The van der Waals surface area contributed by atoms with Crippen LogP contribution in [0.3, 0.4) is 0 Å². The first-order valence-electron chi connectivity index (χ1n) is 14.2. The number of hydrogen-bond acceptors (Lipinski definition) is 6. The number of Topliss-reactive ketones (excluding diaryl/α,β-unsaturated/α-hetero) is 1. The molecule has 0 fully saturated rings. The van der Waals surface area contributed by atoms with E-state index < -0.39 is 41.4 Å². The topological polar surface area (TPSA) is 121 Å². The molecule has 0 aromatic heterocycles. The van der Waals surface area contributed by atoms with E-state index in [0.29, 0.717) is 5.57 Å².